The SMILES string of the molecule is CC1=NC2=C(C(=O)C(C(=O)O)C(C)C2)C(c2cccc(F)c2)C1C(=O)O. The molecule has 0 radical (unpaired) electrons. The predicted octanol–water partition coefficient (Wildman–Crippen LogP) is 2.65. The number of ketones is 1. The van der Waals surface area contributed by atoms with Crippen molar-refractivity contribution in [3.63, 3.8) is 0 Å². The van der Waals surface area contributed by atoms with E-state index in [1.165, 1.54) is 18.2 Å². The third kappa shape index (κ3) is 2.83. The van der Waals surface area contributed by atoms with Crippen LogP contribution in [0.4, 0.5) is 4.39 Å². The van der Waals surface area contributed by atoms with Crippen LogP contribution in [0, 0.1) is 23.6 Å². The van der Waals surface area contributed by atoms with Crippen LogP contribution in [0.1, 0.15) is 31.7 Å². The average molecular weight is 359 g/mol. The molecular weight excluding hydrogens is 341 g/mol. The molecule has 1 aromatic carbocycles. The molecule has 0 amide bonds. The number of halogens is 1. The Labute approximate surface area is 149 Å². The van der Waals surface area contributed by atoms with E-state index in [9.17, 15) is 29.0 Å². The van der Waals surface area contributed by atoms with Gasteiger partial charge in [0.15, 0.2) is 5.78 Å². The van der Waals surface area contributed by atoms with Gasteiger partial charge in [0.05, 0.1) is 0 Å². The lowest BCUT2D eigenvalue weighted by molar-refractivity contribution is -0.147. The molecule has 0 spiro atoms. The number of Topliss-reactive ketones (excluding diaryl/α,β-unsaturated/α-hetero) is 1. The summed E-state index contributed by atoms with van der Waals surface area (Å²) in [5, 5.41) is 19.1. The summed E-state index contributed by atoms with van der Waals surface area (Å²) in [6, 6.07) is 5.40. The van der Waals surface area contributed by atoms with Crippen molar-refractivity contribution in [3.05, 3.63) is 46.9 Å². The monoisotopic (exact) mass is 359 g/mol. The molecule has 0 aromatic heterocycles. The Morgan fingerprint density at radius 2 is 1.85 bits per heavy atom. The molecule has 3 rings (SSSR count). The van der Waals surface area contributed by atoms with Gasteiger partial charge in [-0.25, -0.2) is 4.39 Å². The summed E-state index contributed by atoms with van der Waals surface area (Å²) in [6.07, 6.45) is 0.257. The van der Waals surface area contributed by atoms with Crippen molar-refractivity contribution in [3.8, 4) is 0 Å². The molecule has 4 atom stereocenters. The minimum atomic E-state index is -1.26. The summed E-state index contributed by atoms with van der Waals surface area (Å²) >= 11 is 0. The second-order valence-corrected chi connectivity index (χ2v) is 6.82. The number of nitrogens with zero attached hydrogens (tertiary/aromatic N) is 1. The van der Waals surface area contributed by atoms with E-state index < -0.39 is 47.2 Å². The standard InChI is InChI=1S/C19H18FNO5/c1-8-6-12-16(17(22)13(8)18(23)24)15(10-4-3-5-11(20)7-10)14(19(25)26)9(2)21-12/h3-5,7-8,13-15H,6H2,1-2H3,(H,23,24)(H,25,26). The third-order valence-corrected chi connectivity index (χ3v) is 5.09. The van der Waals surface area contributed by atoms with E-state index in [1.54, 1.807) is 19.9 Å². The van der Waals surface area contributed by atoms with Crippen LogP contribution in [0.5, 0.6) is 0 Å². The van der Waals surface area contributed by atoms with E-state index in [-0.39, 0.29) is 12.0 Å². The Morgan fingerprint density at radius 1 is 1.19 bits per heavy atom. The topological polar surface area (TPSA) is 104 Å². The van der Waals surface area contributed by atoms with Gasteiger partial charge in [0.1, 0.15) is 17.7 Å². The maximum Gasteiger partial charge on any atom is 0.314 e. The molecule has 0 bridgehead atoms. The van der Waals surface area contributed by atoms with Gasteiger partial charge in [-0.3, -0.25) is 19.4 Å². The Bertz CT molecular complexity index is 872. The van der Waals surface area contributed by atoms with Crippen LogP contribution in [0.25, 0.3) is 0 Å². The fourth-order valence-electron chi connectivity index (χ4n) is 3.97. The number of hydrogen-bond donors (Lipinski definition) is 2. The summed E-state index contributed by atoms with van der Waals surface area (Å²) in [4.78, 5) is 40.7. The lowest BCUT2D eigenvalue weighted by atomic mass is 9.67. The van der Waals surface area contributed by atoms with Crippen molar-refractivity contribution >= 4 is 23.4 Å². The minimum Gasteiger partial charge on any atom is -0.481 e. The minimum absolute atomic E-state index is 0.0825. The van der Waals surface area contributed by atoms with Gasteiger partial charge in [0.25, 0.3) is 0 Å². The highest BCUT2D eigenvalue weighted by Gasteiger charge is 2.48. The average Bonchev–Trinajstić information content (AvgIpc) is 2.52. The highest BCUT2D eigenvalue weighted by Crippen LogP contribution is 2.46. The highest BCUT2D eigenvalue weighted by molar-refractivity contribution is 6.13. The zero-order valence-corrected chi connectivity index (χ0v) is 14.3. The number of aliphatic carboxylic acids is 2. The van der Waals surface area contributed by atoms with Crippen LogP contribution in [-0.4, -0.2) is 33.6 Å². The van der Waals surface area contributed by atoms with Crippen LogP contribution in [0.3, 0.4) is 0 Å². The largest absolute Gasteiger partial charge is 0.481 e. The lowest BCUT2D eigenvalue weighted by Gasteiger charge is -2.37. The van der Waals surface area contributed by atoms with Gasteiger partial charge < -0.3 is 10.2 Å². The van der Waals surface area contributed by atoms with Crippen LogP contribution < -0.4 is 0 Å². The quantitative estimate of drug-likeness (QED) is 0.808. The third-order valence-electron chi connectivity index (χ3n) is 5.09. The van der Waals surface area contributed by atoms with E-state index in [4.69, 9.17) is 0 Å². The number of carbonyl (C=O) groups excluding carboxylic acids is 1. The number of rotatable bonds is 3. The summed E-state index contributed by atoms with van der Waals surface area (Å²) in [5.41, 5.74) is 1.13. The molecule has 4 unspecified atom stereocenters. The predicted molar refractivity (Wildman–Crippen MR) is 90.3 cm³/mol. The van der Waals surface area contributed by atoms with Gasteiger partial charge in [-0.1, -0.05) is 19.1 Å². The van der Waals surface area contributed by atoms with Crippen molar-refractivity contribution < 1.29 is 29.0 Å². The zero-order valence-electron chi connectivity index (χ0n) is 14.3. The fraction of sp³-hybridized carbons (Fsp3) is 0.368. The van der Waals surface area contributed by atoms with Crippen molar-refractivity contribution in [1.29, 1.82) is 0 Å². The molecule has 1 aromatic rings. The van der Waals surface area contributed by atoms with Gasteiger partial charge in [-0.15, -0.1) is 0 Å². The smallest absolute Gasteiger partial charge is 0.314 e. The second-order valence-electron chi connectivity index (χ2n) is 6.82. The first-order valence-electron chi connectivity index (χ1n) is 8.26. The first-order chi connectivity index (χ1) is 12.2. The molecule has 2 N–H and O–H groups in total. The molecule has 0 saturated carbocycles. The summed E-state index contributed by atoms with van der Waals surface area (Å²) < 4.78 is 13.8. The van der Waals surface area contributed by atoms with Crippen LogP contribution in [-0.2, 0) is 14.4 Å². The van der Waals surface area contributed by atoms with E-state index >= 15 is 0 Å². The van der Waals surface area contributed by atoms with Crippen molar-refractivity contribution in [1.82, 2.24) is 0 Å². The normalized spacial score (nSPS) is 28.4. The molecule has 2 aliphatic rings. The molecule has 1 aliphatic carbocycles. The highest BCUT2D eigenvalue weighted by atomic mass is 19.1. The fourth-order valence-corrected chi connectivity index (χ4v) is 3.97. The van der Waals surface area contributed by atoms with E-state index in [0.717, 1.165) is 0 Å². The van der Waals surface area contributed by atoms with Gasteiger partial charge >= 0.3 is 11.9 Å². The molecule has 136 valence electrons. The van der Waals surface area contributed by atoms with Crippen molar-refractivity contribution in [2.24, 2.45) is 22.7 Å². The Hall–Kier alpha value is -2.83. The van der Waals surface area contributed by atoms with Crippen LogP contribution in [0.15, 0.2) is 40.5 Å². The molecule has 1 heterocycles. The molecule has 1 aliphatic heterocycles. The Balaban J connectivity index is 2.23. The summed E-state index contributed by atoms with van der Waals surface area (Å²) in [7, 11) is 0. The van der Waals surface area contributed by atoms with Crippen molar-refractivity contribution in [2.45, 2.75) is 26.2 Å². The number of allylic oxidation sites excluding steroid dienone is 2. The summed E-state index contributed by atoms with van der Waals surface area (Å²) in [5.74, 6) is -7.45. The van der Waals surface area contributed by atoms with Gasteiger partial charge in [0.2, 0.25) is 0 Å². The van der Waals surface area contributed by atoms with Crippen LogP contribution in [0.2, 0.25) is 0 Å². The van der Waals surface area contributed by atoms with Gasteiger partial charge in [-0.05, 0) is 37.0 Å². The first-order valence-corrected chi connectivity index (χ1v) is 8.26. The Morgan fingerprint density at radius 3 is 2.42 bits per heavy atom. The molecular formula is C19H18FNO5. The van der Waals surface area contributed by atoms with Crippen LogP contribution >= 0.6 is 0 Å². The Kier molecular flexibility index (Phi) is 4.48. The number of carboxylic acids is 2. The van der Waals surface area contributed by atoms with Gasteiger partial charge in [-0.2, -0.15) is 0 Å². The summed E-state index contributed by atoms with van der Waals surface area (Å²) in [6.45, 7) is 3.22. The molecule has 26 heavy (non-hydrogen) atoms. The number of carboxylic acid groups (broad SMARTS) is 2. The second kappa shape index (κ2) is 6.48. The van der Waals surface area contributed by atoms with E-state index in [1.807, 2.05) is 0 Å². The number of hydrogen-bond acceptors (Lipinski definition) is 4. The number of benzene rings is 1. The maximum atomic E-state index is 13.8. The van der Waals surface area contributed by atoms with Gasteiger partial charge in [0, 0.05) is 22.9 Å². The molecule has 0 fully saturated rings. The maximum absolute atomic E-state index is 13.8. The van der Waals surface area contributed by atoms with E-state index in [0.29, 0.717) is 17.0 Å². The molecule has 6 nitrogen and oxygen atoms in total. The first kappa shape index (κ1) is 18.0. The number of aliphatic imine (C=N–C) groups is 1. The molecule has 7 heteroatoms. The van der Waals surface area contributed by atoms with Crippen molar-refractivity contribution in [2.75, 3.05) is 0 Å². The van der Waals surface area contributed by atoms with E-state index in [2.05, 4.69) is 4.99 Å². The number of carbonyl (C=O) groups is 3. The lowest BCUT2D eigenvalue weighted by Crippen LogP contribution is -2.42. The molecule has 0 saturated heterocycles. The zero-order chi connectivity index (χ0) is 19.2.